The number of ketones is 1. The number of aromatic nitrogens is 2. The second-order valence-electron chi connectivity index (χ2n) is 8.94. The smallest absolute Gasteiger partial charge is 0.243 e. The number of carbonyl (C=O) groups is 1. The van der Waals surface area contributed by atoms with Crippen LogP contribution in [0.25, 0.3) is 11.0 Å². The van der Waals surface area contributed by atoms with Crippen LogP contribution in [0.2, 0.25) is 0 Å². The third-order valence-electron chi connectivity index (χ3n) is 6.24. The van der Waals surface area contributed by atoms with Crippen LogP contribution >= 0.6 is 11.8 Å². The van der Waals surface area contributed by atoms with E-state index in [0.29, 0.717) is 55.0 Å². The first-order valence-corrected chi connectivity index (χ1v) is 14.6. The third kappa shape index (κ3) is 6.14. The van der Waals surface area contributed by atoms with Crippen LogP contribution in [0.5, 0.6) is 0 Å². The molecule has 3 aromatic rings. The maximum absolute atomic E-state index is 13.3. The molecule has 35 heavy (non-hydrogen) atoms. The van der Waals surface area contributed by atoms with Gasteiger partial charge < -0.3 is 9.30 Å². The van der Waals surface area contributed by atoms with Crippen LogP contribution in [0.4, 0.5) is 0 Å². The van der Waals surface area contributed by atoms with Gasteiger partial charge in [-0.3, -0.25) is 4.79 Å². The number of Topliss-reactive ketones (excluding diaryl/α,β-unsaturated/α-hetero) is 1. The number of hydrogen-bond donors (Lipinski definition) is 0. The molecule has 1 fully saturated rings. The topological polar surface area (TPSA) is 81.5 Å². The molecule has 4 rings (SSSR count). The number of rotatable bonds is 11. The fourth-order valence-corrected chi connectivity index (χ4v) is 6.95. The number of hydrogen-bond acceptors (Lipinski definition) is 6. The predicted molar refractivity (Wildman–Crippen MR) is 139 cm³/mol. The summed E-state index contributed by atoms with van der Waals surface area (Å²) in [6.45, 7) is 7.13. The molecule has 1 aromatic heterocycles. The normalized spacial score (nSPS) is 17.1. The van der Waals surface area contributed by atoms with Crippen LogP contribution in [-0.2, 0) is 21.3 Å². The standard InChI is InChI=1S/C26H33N3O4S2/c1-3-33-16-8-15-29-24-13-12-22(35(31,32)28-14-7-9-20(2)18-28)17-23(24)27-26(29)34-19-25(30)21-10-5-4-6-11-21/h4-6,10-13,17,20H,3,7-9,14-16,18-19H2,1-2H3. The second-order valence-corrected chi connectivity index (χ2v) is 11.8. The summed E-state index contributed by atoms with van der Waals surface area (Å²) in [4.78, 5) is 17.7. The number of imidazole rings is 1. The van der Waals surface area contributed by atoms with Crippen LogP contribution in [0, 0.1) is 5.92 Å². The van der Waals surface area contributed by atoms with Gasteiger partial charge in [-0.25, -0.2) is 13.4 Å². The maximum Gasteiger partial charge on any atom is 0.243 e. The zero-order valence-corrected chi connectivity index (χ0v) is 22.0. The van der Waals surface area contributed by atoms with Crippen molar-refractivity contribution in [2.45, 2.75) is 49.7 Å². The van der Waals surface area contributed by atoms with E-state index in [2.05, 4.69) is 11.5 Å². The first kappa shape index (κ1) is 25.9. The second kappa shape index (κ2) is 11.7. The van der Waals surface area contributed by atoms with Gasteiger partial charge in [0.05, 0.1) is 21.7 Å². The van der Waals surface area contributed by atoms with Crippen molar-refractivity contribution in [2.75, 3.05) is 32.1 Å². The lowest BCUT2D eigenvalue weighted by Gasteiger charge is -2.30. The molecule has 1 aliphatic rings. The molecule has 2 heterocycles. The molecule has 1 atom stereocenters. The minimum absolute atomic E-state index is 0.0333. The van der Waals surface area contributed by atoms with E-state index < -0.39 is 10.0 Å². The predicted octanol–water partition coefficient (Wildman–Crippen LogP) is 4.86. The van der Waals surface area contributed by atoms with Gasteiger partial charge in [0.25, 0.3) is 0 Å². The molecule has 0 aliphatic carbocycles. The Balaban J connectivity index is 1.61. The van der Waals surface area contributed by atoms with E-state index in [0.717, 1.165) is 24.8 Å². The quantitative estimate of drug-likeness (QED) is 0.206. The Morgan fingerprint density at radius 1 is 1.20 bits per heavy atom. The number of benzene rings is 2. The minimum atomic E-state index is -3.57. The summed E-state index contributed by atoms with van der Waals surface area (Å²) in [6, 6.07) is 14.4. The Labute approximate surface area is 211 Å². The molecule has 0 bridgehead atoms. The summed E-state index contributed by atoms with van der Waals surface area (Å²) in [7, 11) is -3.57. The number of ether oxygens (including phenoxy) is 1. The number of thioether (sulfide) groups is 1. The molecule has 7 nitrogen and oxygen atoms in total. The maximum atomic E-state index is 13.3. The summed E-state index contributed by atoms with van der Waals surface area (Å²) in [6.07, 6.45) is 2.73. The molecule has 188 valence electrons. The Bertz CT molecular complexity index is 1260. The summed E-state index contributed by atoms with van der Waals surface area (Å²) in [5, 5.41) is 0.710. The van der Waals surface area contributed by atoms with Gasteiger partial charge in [-0.1, -0.05) is 49.0 Å². The Kier molecular flexibility index (Phi) is 8.64. The summed E-state index contributed by atoms with van der Waals surface area (Å²) in [5.74, 6) is 0.651. The van der Waals surface area contributed by atoms with Gasteiger partial charge in [0.2, 0.25) is 10.0 Å². The van der Waals surface area contributed by atoms with Crippen molar-refractivity contribution < 1.29 is 17.9 Å². The van der Waals surface area contributed by atoms with Crippen molar-refractivity contribution in [3.8, 4) is 0 Å². The van der Waals surface area contributed by atoms with Crippen LogP contribution < -0.4 is 0 Å². The van der Waals surface area contributed by atoms with E-state index in [9.17, 15) is 13.2 Å². The molecule has 1 aliphatic heterocycles. The molecule has 1 unspecified atom stereocenters. The number of aryl methyl sites for hydroxylation is 1. The molecule has 0 saturated carbocycles. The Morgan fingerprint density at radius 2 is 2.00 bits per heavy atom. The van der Waals surface area contributed by atoms with Gasteiger partial charge in [-0.05, 0) is 50.3 Å². The van der Waals surface area contributed by atoms with E-state index >= 15 is 0 Å². The molecular formula is C26H33N3O4S2. The summed E-state index contributed by atoms with van der Waals surface area (Å²) < 4.78 is 35.8. The van der Waals surface area contributed by atoms with Crippen molar-refractivity contribution in [1.29, 1.82) is 0 Å². The van der Waals surface area contributed by atoms with Gasteiger partial charge in [-0.15, -0.1) is 0 Å². The molecule has 0 amide bonds. The molecule has 0 spiro atoms. The Morgan fingerprint density at radius 3 is 2.74 bits per heavy atom. The van der Waals surface area contributed by atoms with E-state index in [1.807, 2.05) is 43.3 Å². The zero-order chi connectivity index (χ0) is 24.8. The van der Waals surface area contributed by atoms with Gasteiger partial charge >= 0.3 is 0 Å². The van der Waals surface area contributed by atoms with Gasteiger partial charge in [-0.2, -0.15) is 4.31 Å². The highest BCUT2D eigenvalue weighted by Gasteiger charge is 2.29. The van der Waals surface area contributed by atoms with E-state index in [4.69, 9.17) is 9.72 Å². The molecule has 9 heteroatoms. The lowest BCUT2D eigenvalue weighted by atomic mass is 10.0. The van der Waals surface area contributed by atoms with E-state index in [1.165, 1.54) is 11.8 Å². The molecule has 1 saturated heterocycles. The fourth-order valence-electron chi connectivity index (χ4n) is 4.39. The zero-order valence-electron chi connectivity index (χ0n) is 20.4. The summed E-state index contributed by atoms with van der Waals surface area (Å²) in [5.41, 5.74) is 2.16. The lowest BCUT2D eigenvalue weighted by Crippen LogP contribution is -2.39. The SMILES string of the molecule is CCOCCCn1c(SCC(=O)c2ccccc2)nc2cc(S(=O)(=O)N3CCCC(C)C3)ccc21. The fraction of sp³-hybridized carbons (Fsp3) is 0.462. The highest BCUT2D eigenvalue weighted by Crippen LogP contribution is 2.29. The number of sulfonamides is 1. The van der Waals surface area contributed by atoms with Crippen LogP contribution in [0.1, 0.15) is 43.5 Å². The van der Waals surface area contributed by atoms with Crippen LogP contribution in [-0.4, -0.2) is 60.1 Å². The molecule has 0 N–H and O–H groups in total. The number of fused-ring (bicyclic) bond motifs is 1. The number of nitrogens with zero attached hydrogens (tertiary/aromatic N) is 3. The monoisotopic (exact) mass is 515 g/mol. The minimum Gasteiger partial charge on any atom is -0.382 e. The number of piperidine rings is 1. The molecule has 2 aromatic carbocycles. The largest absolute Gasteiger partial charge is 0.382 e. The van der Waals surface area contributed by atoms with Gasteiger partial charge in [0, 0.05) is 38.4 Å². The average Bonchev–Trinajstić information content (AvgIpc) is 3.22. The summed E-state index contributed by atoms with van der Waals surface area (Å²) >= 11 is 1.38. The van der Waals surface area contributed by atoms with Crippen molar-refractivity contribution in [3.63, 3.8) is 0 Å². The number of carbonyl (C=O) groups excluding carboxylic acids is 1. The van der Waals surface area contributed by atoms with E-state index in [1.54, 1.807) is 16.4 Å². The van der Waals surface area contributed by atoms with Crippen molar-refractivity contribution in [2.24, 2.45) is 5.92 Å². The first-order chi connectivity index (χ1) is 16.9. The molecular weight excluding hydrogens is 482 g/mol. The van der Waals surface area contributed by atoms with E-state index in [-0.39, 0.29) is 16.4 Å². The van der Waals surface area contributed by atoms with Crippen molar-refractivity contribution in [1.82, 2.24) is 13.9 Å². The van der Waals surface area contributed by atoms with Crippen molar-refractivity contribution in [3.05, 3.63) is 54.1 Å². The van der Waals surface area contributed by atoms with Gasteiger partial charge in [0.1, 0.15) is 0 Å². The highest BCUT2D eigenvalue weighted by molar-refractivity contribution is 7.99. The van der Waals surface area contributed by atoms with Crippen molar-refractivity contribution >= 4 is 38.6 Å². The van der Waals surface area contributed by atoms with Crippen LogP contribution in [0.3, 0.4) is 0 Å². The third-order valence-corrected chi connectivity index (χ3v) is 9.08. The Hall–Kier alpha value is -2.20. The van der Waals surface area contributed by atoms with Gasteiger partial charge in [0.15, 0.2) is 10.9 Å². The molecule has 0 radical (unpaired) electrons. The lowest BCUT2D eigenvalue weighted by molar-refractivity contribution is 0.102. The van der Waals surface area contributed by atoms with Crippen LogP contribution in [0.15, 0.2) is 58.6 Å². The average molecular weight is 516 g/mol. The first-order valence-electron chi connectivity index (χ1n) is 12.2. The highest BCUT2D eigenvalue weighted by atomic mass is 32.2.